The van der Waals surface area contributed by atoms with E-state index < -0.39 is 53.8 Å². The zero-order chi connectivity index (χ0) is 21.5. The average molecular weight is 406 g/mol. The monoisotopic (exact) mass is 406 g/mol. The van der Waals surface area contributed by atoms with Crippen LogP contribution in [-0.4, -0.2) is 60.1 Å². The van der Waals surface area contributed by atoms with E-state index in [0.717, 1.165) is 0 Å². The molecule has 0 radical (unpaired) electrons. The van der Waals surface area contributed by atoms with E-state index in [-0.39, 0.29) is 11.1 Å². The third-order valence-corrected chi connectivity index (χ3v) is 5.91. The molecule has 0 aromatic heterocycles. The van der Waals surface area contributed by atoms with Gasteiger partial charge in [0.2, 0.25) is 0 Å². The van der Waals surface area contributed by atoms with Crippen molar-refractivity contribution in [3.63, 3.8) is 0 Å². The second-order valence-corrected chi connectivity index (χ2v) is 7.75. The van der Waals surface area contributed by atoms with Crippen LogP contribution in [-0.2, 0) is 33.3 Å². The van der Waals surface area contributed by atoms with Gasteiger partial charge in [0.1, 0.15) is 24.4 Å². The van der Waals surface area contributed by atoms with Crippen LogP contribution in [0.3, 0.4) is 0 Å². The molecule has 8 nitrogen and oxygen atoms in total. The van der Waals surface area contributed by atoms with Gasteiger partial charge in [0.05, 0.1) is 24.2 Å². The van der Waals surface area contributed by atoms with Crippen molar-refractivity contribution in [1.82, 2.24) is 0 Å². The number of epoxide rings is 1. The summed E-state index contributed by atoms with van der Waals surface area (Å²) in [5.74, 6) is -2.93. The number of rotatable bonds is 3. The first-order valence-electron chi connectivity index (χ1n) is 9.52. The van der Waals surface area contributed by atoms with E-state index in [1.807, 2.05) is 6.92 Å². The summed E-state index contributed by atoms with van der Waals surface area (Å²) in [5.41, 5.74) is -0.218. The minimum absolute atomic E-state index is 0.0444. The molecular formula is C21H26O8. The van der Waals surface area contributed by atoms with Crippen LogP contribution < -0.4 is 0 Å². The quantitative estimate of drug-likeness (QED) is 0.324. The predicted octanol–water partition coefficient (Wildman–Crippen LogP) is 1.37. The Bertz CT molecular complexity index is 809. The third kappa shape index (κ3) is 3.74. The minimum atomic E-state index is -1.53. The lowest BCUT2D eigenvalue weighted by molar-refractivity contribution is -0.157. The molecule has 0 aromatic rings. The number of hydrogen-bond acceptors (Lipinski definition) is 8. The van der Waals surface area contributed by atoms with Crippen LogP contribution in [0.25, 0.3) is 0 Å². The van der Waals surface area contributed by atoms with E-state index in [4.69, 9.17) is 18.9 Å². The molecule has 3 rings (SSSR count). The van der Waals surface area contributed by atoms with Gasteiger partial charge in [-0.25, -0.2) is 14.4 Å². The van der Waals surface area contributed by atoms with Gasteiger partial charge in [-0.15, -0.1) is 0 Å². The van der Waals surface area contributed by atoms with Crippen molar-refractivity contribution in [3.05, 3.63) is 35.5 Å². The maximum atomic E-state index is 12.5. The number of carbonyl (C=O) groups excluding carboxylic acids is 3. The van der Waals surface area contributed by atoms with Crippen LogP contribution in [0.4, 0.5) is 0 Å². The second kappa shape index (κ2) is 7.76. The molecule has 0 unspecified atom stereocenters. The average Bonchev–Trinajstić information content (AvgIpc) is 3.28. The fourth-order valence-electron chi connectivity index (χ4n) is 3.92. The molecule has 6 atom stereocenters. The molecule has 1 N–H and O–H groups in total. The molecule has 2 heterocycles. The lowest BCUT2D eigenvalue weighted by atomic mass is 9.80. The van der Waals surface area contributed by atoms with E-state index in [2.05, 4.69) is 6.58 Å². The normalized spacial score (nSPS) is 38.7. The number of hydrogen-bond donors (Lipinski definition) is 1. The number of allylic oxidation sites excluding steroid dienone is 2. The van der Waals surface area contributed by atoms with Gasteiger partial charge in [0, 0.05) is 11.1 Å². The molecular weight excluding hydrogens is 380 g/mol. The first kappa shape index (κ1) is 21.3. The Morgan fingerprint density at radius 2 is 2.10 bits per heavy atom. The fraction of sp³-hybridized carbons (Fsp3) is 0.571. The summed E-state index contributed by atoms with van der Waals surface area (Å²) in [4.78, 5) is 37.1. The Labute approximate surface area is 169 Å². The molecule has 2 saturated heterocycles. The highest BCUT2D eigenvalue weighted by atomic mass is 16.7. The summed E-state index contributed by atoms with van der Waals surface area (Å²) in [7, 11) is 1.20. The smallest absolute Gasteiger partial charge is 0.336 e. The lowest BCUT2D eigenvalue weighted by Crippen LogP contribution is -2.46. The third-order valence-electron chi connectivity index (χ3n) is 5.91. The van der Waals surface area contributed by atoms with Crippen molar-refractivity contribution in [1.29, 1.82) is 0 Å². The number of ether oxygens (including phenoxy) is 4. The van der Waals surface area contributed by atoms with Crippen LogP contribution in [0.5, 0.6) is 0 Å². The molecule has 0 spiro atoms. The van der Waals surface area contributed by atoms with Crippen molar-refractivity contribution >= 4 is 17.9 Å². The van der Waals surface area contributed by atoms with Crippen molar-refractivity contribution in [2.24, 2.45) is 5.92 Å². The van der Waals surface area contributed by atoms with Crippen molar-refractivity contribution in [2.45, 2.75) is 63.6 Å². The first-order chi connectivity index (χ1) is 13.6. The summed E-state index contributed by atoms with van der Waals surface area (Å²) < 4.78 is 21.7. The Morgan fingerprint density at radius 3 is 2.72 bits per heavy atom. The summed E-state index contributed by atoms with van der Waals surface area (Å²) in [6.07, 6.45) is 0.0991. The zero-order valence-corrected chi connectivity index (χ0v) is 17.0. The van der Waals surface area contributed by atoms with E-state index in [1.54, 1.807) is 26.0 Å². The molecule has 2 aliphatic heterocycles. The van der Waals surface area contributed by atoms with Gasteiger partial charge in [-0.2, -0.15) is 0 Å². The van der Waals surface area contributed by atoms with E-state index in [9.17, 15) is 19.5 Å². The van der Waals surface area contributed by atoms with E-state index >= 15 is 0 Å². The van der Waals surface area contributed by atoms with Gasteiger partial charge >= 0.3 is 17.9 Å². The molecule has 0 aromatic carbocycles. The topological polar surface area (TPSA) is 112 Å². The maximum absolute atomic E-state index is 12.5. The van der Waals surface area contributed by atoms with Crippen LogP contribution in [0, 0.1) is 5.92 Å². The lowest BCUT2D eigenvalue weighted by Gasteiger charge is -2.31. The number of aliphatic hydroxyl groups is 1. The zero-order valence-electron chi connectivity index (χ0n) is 17.0. The van der Waals surface area contributed by atoms with Crippen LogP contribution >= 0.6 is 0 Å². The van der Waals surface area contributed by atoms with Gasteiger partial charge in [-0.1, -0.05) is 18.7 Å². The van der Waals surface area contributed by atoms with Gasteiger partial charge in [0.15, 0.2) is 0 Å². The Balaban J connectivity index is 2.07. The highest BCUT2D eigenvalue weighted by Crippen LogP contribution is 2.50. The van der Waals surface area contributed by atoms with Crippen molar-refractivity contribution < 1.29 is 38.4 Å². The number of fused-ring (bicyclic) bond motifs is 3. The maximum Gasteiger partial charge on any atom is 0.336 e. The van der Waals surface area contributed by atoms with Crippen LogP contribution in [0.1, 0.15) is 33.6 Å². The molecule has 1 aliphatic carbocycles. The van der Waals surface area contributed by atoms with Crippen LogP contribution in [0.15, 0.2) is 35.5 Å². The predicted molar refractivity (Wildman–Crippen MR) is 100 cm³/mol. The Hall–Kier alpha value is -2.45. The summed E-state index contributed by atoms with van der Waals surface area (Å²) in [6.45, 7) is 8.91. The summed E-state index contributed by atoms with van der Waals surface area (Å²) in [6, 6.07) is 0. The van der Waals surface area contributed by atoms with E-state index in [0.29, 0.717) is 18.4 Å². The molecule has 3 aliphatic rings. The Kier molecular flexibility index (Phi) is 5.69. The van der Waals surface area contributed by atoms with Crippen LogP contribution in [0.2, 0.25) is 0 Å². The summed E-state index contributed by atoms with van der Waals surface area (Å²) in [5, 5.41) is 11.1. The van der Waals surface area contributed by atoms with Crippen molar-refractivity contribution in [3.8, 4) is 0 Å². The number of carbonyl (C=O) groups is 3. The fourth-order valence-corrected chi connectivity index (χ4v) is 3.92. The largest absolute Gasteiger partial charge is 0.466 e. The van der Waals surface area contributed by atoms with Gasteiger partial charge < -0.3 is 24.1 Å². The van der Waals surface area contributed by atoms with Gasteiger partial charge in [0.25, 0.3) is 0 Å². The molecule has 2 fully saturated rings. The SMILES string of the molecule is C=C1C(=O)O[C@H]2[C@H]1[C@H](OC(=O)/C(C)=C\C)[C@@H](O)/C(C(=O)OC)=C\CC[C@@]1(C)O[C@@H]21. The van der Waals surface area contributed by atoms with Crippen molar-refractivity contribution in [2.75, 3.05) is 7.11 Å². The highest BCUT2D eigenvalue weighted by molar-refractivity contribution is 5.93. The van der Waals surface area contributed by atoms with Gasteiger partial charge in [-0.05, 0) is 33.6 Å². The molecule has 158 valence electrons. The highest BCUT2D eigenvalue weighted by Gasteiger charge is 2.64. The molecule has 8 heteroatoms. The summed E-state index contributed by atoms with van der Waals surface area (Å²) >= 11 is 0. The second-order valence-electron chi connectivity index (χ2n) is 7.75. The Morgan fingerprint density at radius 1 is 1.41 bits per heavy atom. The van der Waals surface area contributed by atoms with Gasteiger partial charge in [-0.3, -0.25) is 0 Å². The number of aliphatic hydroxyl groups excluding tert-OH is 1. The van der Waals surface area contributed by atoms with E-state index in [1.165, 1.54) is 7.11 Å². The molecule has 0 amide bonds. The number of methoxy groups -OCH3 is 1. The minimum Gasteiger partial charge on any atom is -0.466 e. The molecule has 0 saturated carbocycles. The first-order valence-corrected chi connectivity index (χ1v) is 9.52. The molecule has 0 bridgehead atoms. The number of esters is 3. The standard InChI is InChI=1S/C21H26O8/c1-6-10(2)18(23)27-15-13-11(3)19(24)28-16(13)17-21(4,29-17)9-7-8-12(14(15)22)20(25)26-5/h6,8,13-17,22H,3,7,9H2,1-2,4-5H3/b10-6-,12-8+/t13-,14+,15+,16+,17+,21-/m1/s1. The molecule has 29 heavy (non-hydrogen) atoms.